The number of rotatable bonds is 75. The molecule has 0 aromatic rings. The molecule has 0 fully saturated rings. The van der Waals surface area contributed by atoms with Crippen molar-refractivity contribution in [2.75, 3.05) is 177 Å². The van der Waals surface area contributed by atoms with Crippen LogP contribution in [0.3, 0.4) is 0 Å². The Balaban J connectivity index is -0.000000312. The van der Waals surface area contributed by atoms with Crippen LogP contribution in [0.25, 0.3) is 0 Å². The average Bonchev–Trinajstić information content (AvgIpc) is 0.899. The van der Waals surface area contributed by atoms with Gasteiger partial charge < -0.3 is 113 Å². The first kappa shape index (κ1) is 142. The van der Waals surface area contributed by atoms with Gasteiger partial charge in [-0.25, -0.2) is 0 Å². The van der Waals surface area contributed by atoms with Crippen LogP contribution in [0, 0.1) is 0 Å². The van der Waals surface area contributed by atoms with Crippen molar-refractivity contribution in [3.63, 3.8) is 0 Å². The van der Waals surface area contributed by atoms with Gasteiger partial charge in [-0.05, 0) is 188 Å². The Bertz CT molecular complexity index is 4030. The van der Waals surface area contributed by atoms with Crippen LogP contribution < -0.4 is 69.1 Å². The van der Waals surface area contributed by atoms with E-state index < -0.39 is 0 Å². The molecule has 13 N–H and O–H groups in total. The number of amides is 19. The van der Waals surface area contributed by atoms with Gasteiger partial charge in [-0.2, -0.15) is 0 Å². The third-order valence-corrected chi connectivity index (χ3v) is 18.2. The summed E-state index contributed by atoms with van der Waals surface area (Å²) in [4.78, 5) is 234. The highest BCUT2D eigenvalue weighted by atomic mass is 16.5. The van der Waals surface area contributed by atoms with E-state index in [1.165, 1.54) is 96.2 Å². The van der Waals surface area contributed by atoms with Crippen molar-refractivity contribution in [1.29, 1.82) is 0 Å². The second-order valence-corrected chi connectivity index (χ2v) is 29.5. The first-order chi connectivity index (χ1) is 69.0. The largest absolute Gasteiger partial charge is 0.381 e. The standard InChI is InChI=1S/C23H33N5O5.C18H26N4O4.C14H24N2O3.C13H19N3O3.2C12H20N2O3.C11H17NO2/c1-6-19(29)24-11-13-26(21(31)8-3)15-17-28(23(33)10-5)18-16-27(22(32)9-4)14-12-25-20(30)7-2;1-5-15(23)19-9-11-21(17(25)7-3)13-14-22(18(26)8-4)12-10-20-16(24)6-2;1-3-13(17)15-9-5-7-11-19-12-8-6-10-16-14(18)4-2;1-4-11(17)14-7-9-16(13(19)6-3)10-8-15-12(18)5-2;1-5-11(15)13-7-10(4)17-8-9(3)14-12(16)6-2;1-5-11(15)13-7-9(3)17-10(4)8-14-12(16)6-2;1-3-10(13)8-6-5-7-9-12-11(14)4-2/h6-10H,1-5,11-18H2,(H,24,29)(H,25,30);5-8H,1-4,9-14H2,(H,19,23)(H,20,24);3-4H,1-2,5-12H2,(H,15,17)(H,16,18);4-6H,1-3,7-10H2,(H,14,17)(H,15,18);2*5-6,9-10H,1-2,7-8H2,3-4H3,(H,13,15)(H,14,16);3-4H,1-2,5-9H2,(H,12,14). The minimum absolute atomic E-state index is 0.0835. The Morgan fingerprint density at radius 3 is 0.641 bits per heavy atom. The van der Waals surface area contributed by atoms with Gasteiger partial charge in [-0.15, -0.1) is 0 Å². The van der Waals surface area contributed by atoms with Gasteiger partial charge in [0.25, 0.3) is 0 Å². The van der Waals surface area contributed by atoms with Gasteiger partial charge in [0, 0.05) is 183 Å². The van der Waals surface area contributed by atoms with Crippen LogP contribution in [0.2, 0.25) is 0 Å². The summed E-state index contributed by atoms with van der Waals surface area (Å²) >= 11 is 0. The summed E-state index contributed by atoms with van der Waals surface area (Å²) in [7, 11) is 0. The molecule has 0 aliphatic rings. The first-order valence-corrected chi connectivity index (χ1v) is 46.3. The summed E-state index contributed by atoms with van der Waals surface area (Å²) in [6, 6.07) is -0.0990. The highest BCUT2D eigenvalue weighted by molar-refractivity contribution is 5.94. The molecule has 145 heavy (non-hydrogen) atoms. The highest BCUT2D eigenvalue weighted by Crippen LogP contribution is 2.05. The lowest BCUT2D eigenvalue weighted by Crippen LogP contribution is -2.46. The van der Waals surface area contributed by atoms with Crippen LogP contribution in [0.4, 0.5) is 0 Å². The van der Waals surface area contributed by atoms with Crippen LogP contribution in [-0.2, 0) is 110 Å². The molecular formula is C103H159N19O23. The number of nitrogens with zero attached hydrogens (tertiary/aromatic N) is 6. The van der Waals surface area contributed by atoms with Gasteiger partial charge in [0.1, 0.15) is 0 Å². The van der Waals surface area contributed by atoms with Crippen LogP contribution >= 0.6 is 0 Å². The molecule has 804 valence electrons. The quantitative estimate of drug-likeness (QED) is 0.0307. The van der Waals surface area contributed by atoms with Gasteiger partial charge >= 0.3 is 0 Å². The molecule has 0 saturated heterocycles. The molecule has 0 saturated carbocycles. The molecule has 0 aliphatic heterocycles. The minimum atomic E-state index is -0.369. The fourth-order valence-electron chi connectivity index (χ4n) is 10.3. The van der Waals surface area contributed by atoms with E-state index in [-0.39, 0.29) is 234 Å². The zero-order valence-corrected chi connectivity index (χ0v) is 85.3. The Labute approximate surface area is 855 Å². The van der Waals surface area contributed by atoms with Crippen LogP contribution in [0.1, 0.15) is 79.1 Å². The van der Waals surface area contributed by atoms with E-state index in [1.54, 1.807) is 0 Å². The van der Waals surface area contributed by atoms with E-state index in [1.807, 2.05) is 27.7 Å². The predicted octanol–water partition coefficient (Wildman–Crippen LogP) is 2.40. The first-order valence-electron chi connectivity index (χ1n) is 46.3. The zero-order valence-electron chi connectivity index (χ0n) is 85.3. The average molecular weight is 2030 g/mol. The summed E-state index contributed by atoms with van der Waals surface area (Å²) in [5, 5.41) is 34.1. The van der Waals surface area contributed by atoms with Crippen LogP contribution in [-0.4, -0.2) is 349 Å². The second kappa shape index (κ2) is 98.5. The molecule has 42 heteroatoms. The van der Waals surface area contributed by atoms with Crippen molar-refractivity contribution in [2.24, 2.45) is 0 Å². The molecule has 42 nitrogen and oxygen atoms in total. The molecule has 0 aromatic heterocycles. The molecule has 0 radical (unpaired) electrons. The number of hydrogen-bond acceptors (Lipinski definition) is 23. The number of carbonyl (C=O) groups excluding carboxylic acids is 20. The van der Waals surface area contributed by atoms with Crippen molar-refractivity contribution in [3.05, 3.63) is 253 Å². The maximum absolute atomic E-state index is 12.3. The summed E-state index contributed by atoms with van der Waals surface area (Å²) < 4.78 is 16.4. The fraction of sp³-hybridized carbons (Fsp3) is 0.417. The number of hydrogen-bond donors (Lipinski definition) is 13. The van der Waals surface area contributed by atoms with Gasteiger partial charge in [-0.3, -0.25) is 95.9 Å². The third-order valence-electron chi connectivity index (χ3n) is 18.2. The predicted molar refractivity (Wildman–Crippen MR) is 565 cm³/mol. The molecule has 0 bridgehead atoms. The van der Waals surface area contributed by atoms with Crippen molar-refractivity contribution in [1.82, 2.24) is 98.5 Å². The van der Waals surface area contributed by atoms with E-state index in [2.05, 4.69) is 201 Å². The molecule has 0 aromatic carbocycles. The van der Waals surface area contributed by atoms with Crippen molar-refractivity contribution in [3.8, 4) is 0 Å². The smallest absolute Gasteiger partial charge is 0.246 e. The number of allylic oxidation sites excluding steroid dienone is 1. The number of nitrogens with one attached hydrogen (secondary N) is 13. The summed E-state index contributed by atoms with van der Waals surface area (Å²) in [5.41, 5.74) is 0. The molecule has 0 rings (SSSR count). The number of carbonyl (C=O) groups is 20. The van der Waals surface area contributed by atoms with E-state index >= 15 is 0 Å². The zero-order chi connectivity index (χ0) is 112. The van der Waals surface area contributed by atoms with Gasteiger partial charge in [0.15, 0.2) is 5.78 Å². The lowest BCUT2D eigenvalue weighted by molar-refractivity contribution is -0.131. The van der Waals surface area contributed by atoms with E-state index in [0.29, 0.717) is 91.7 Å². The lowest BCUT2D eigenvalue weighted by atomic mass is 10.1. The molecular weight excluding hydrogens is 1870 g/mol. The Morgan fingerprint density at radius 2 is 0.421 bits per heavy atom. The molecule has 0 heterocycles. The molecule has 19 amide bonds. The molecule has 0 aliphatic carbocycles. The van der Waals surface area contributed by atoms with E-state index in [0.717, 1.165) is 99.6 Å². The molecule has 4 atom stereocenters. The summed E-state index contributed by atoms with van der Waals surface area (Å²) in [5.74, 6) is -5.21. The van der Waals surface area contributed by atoms with Gasteiger partial charge in [-0.1, -0.05) is 138 Å². The van der Waals surface area contributed by atoms with Gasteiger partial charge in [0.05, 0.1) is 24.9 Å². The molecule has 4 unspecified atom stereocenters. The maximum atomic E-state index is 12.3. The van der Waals surface area contributed by atoms with Crippen molar-refractivity contribution in [2.45, 2.75) is 103 Å². The number of ketones is 1. The Hall–Kier alpha value is -15.7. The Morgan fingerprint density at radius 1 is 0.221 bits per heavy atom. The maximum Gasteiger partial charge on any atom is 0.246 e. The summed E-state index contributed by atoms with van der Waals surface area (Å²) in [6.45, 7) is 84.3. The number of unbranched alkanes of at least 4 members (excludes halogenated alkanes) is 4. The fourth-order valence-corrected chi connectivity index (χ4v) is 10.3. The minimum Gasteiger partial charge on any atom is -0.381 e. The van der Waals surface area contributed by atoms with Crippen LogP contribution in [0.5, 0.6) is 0 Å². The monoisotopic (exact) mass is 2030 g/mol. The second-order valence-electron chi connectivity index (χ2n) is 29.5. The van der Waals surface area contributed by atoms with E-state index in [4.69, 9.17) is 14.2 Å². The van der Waals surface area contributed by atoms with Crippen LogP contribution in [0.15, 0.2) is 253 Å². The van der Waals surface area contributed by atoms with E-state index in [9.17, 15) is 95.9 Å². The SMILES string of the molecule is C=CC(=O)CCCCCNC(=O)C=C.C=CC(=O)NCC(C)OC(C)CNC(=O)C=C.C=CC(=O)NCC(C)OCC(C)NC(=O)C=C.C=CC(=O)NCCCCOCCCCNC(=O)C=C.C=CC(=O)NCCN(CCN(CCN(CCNC(=O)C=C)C(=O)C=C)C(=O)C=C)C(=O)C=C.C=CC(=O)NCCN(CCN(CCNC(=O)C=C)C(=O)C=C)C(=O)C=C.C=CC(=O)NCCN(CCNC(=O)C=C)C(=O)C=C. The van der Waals surface area contributed by atoms with Gasteiger partial charge in [0.2, 0.25) is 112 Å². The highest BCUT2D eigenvalue weighted by Gasteiger charge is 2.21. The normalized spacial score (nSPS) is 10.3. The van der Waals surface area contributed by atoms with Crippen molar-refractivity contribution >= 4 is 118 Å². The number of ether oxygens (including phenoxy) is 3. The Kier molecular flexibility index (Phi) is 96.6. The topological polar surface area (TPSA) is 545 Å². The third kappa shape index (κ3) is 90.6. The lowest BCUT2D eigenvalue weighted by Gasteiger charge is -2.29. The molecule has 0 spiro atoms. The summed E-state index contributed by atoms with van der Waals surface area (Å²) in [6.07, 6.45) is 30.3. The van der Waals surface area contributed by atoms with Crippen molar-refractivity contribution < 1.29 is 110 Å².